The van der Waals surface area contributed by atoms with Gasteiger partial charge in [-0.25, -0.2) is 4.79 Å². The van der Waals surface area contributed by atoms with Crippen molar-refractivity contribution in [3.05, 3.63) is 29.8 Å². The van der Waals surface area contributed by atoms with Crippen LogP contribution in [0.15, 0.2) is 24.3 Å². The molecule has 0 saturated carbocycles. The molecule has 8 N–H and O–H groups in total. The van der Waals surface area contributed by atoms with Gasteiger partial charge >= 0.3 is 5.97 Å². The van der Waals surface area contributed by atoms with Crippen LogP contribution >= 0.6 is 0 Å². The summed E-state index contributed by atoms with van der Waals surface area (Å²) < 4.78 is 15.7. The van der Waals surface area contributed by atoms with Crippen LogP contribution in [-0.4, -0.2) is 115 Å². The summed E-state index contributed by atoms with van der Waals surface area (Å²) in [5.74, 6) is -1.95. The van der Waals surface area contributed by atoms with E-state index in [0.717, 1.165) is 12.1 Å². The highest BCUT2D eigenvalue weighted by Gasteiger charge is 2.46. The minimum absolute atomic E-state index is 0.00539. The normalized spacial score (nSPS) is 28.7. The number of ether oxygens (including phenoxy) is 3. The molecule has 0 amide bonds. The van der Waals surface area contributed by atoms with Crippen molar-refractivity contribution >= 4 is 18.3 Å². The number of phenolic OH excluding ortho intramolecular Hbond substituents is 2. The highest BCUT2D eigenvalue weighted by atomic mass is 16.7. The number of hydrogen-bond acceptors (Lipinski definition) is 13. The van der Waals surface area contributed by atoms with E-state index in [9.17, 15) is 50.4 Å². The van der Waals surface area contributed by atoms with E-state index >= 15 is 0 Å². The standard InChI is InChI=1S/C21H28O13/c1-9-16(29)17(30)18(31)21(32-9)34-20(14(27)8-23)19(13(26)7-22)33-15(28)5-3-10-2-4-11(24)12(25)6-10/h2-6,8-9,13-14,16-22,24-27,29-31H,7H2,1H3/b5-3+/t9-,13+,14-,16-,17+,18+,19+,20+,21-/m1/s1. The molecule has 1 aromatic rings. The van der Waals surface area contributed by atoms with E-state index in [4.69, 9.17) is 14.2 Å². The first-order valence-electron chi connectivity index (χ1n) is 10.2. The van der Waals surface area contributed by atoms with Crippen molar-refractivity contribution in [2.24, 2.45) is 0 Å². The van der Waals surface area contributed by atoms with Gasteiger partial charge in [-0.3, -0.25) is 0 Å². The summed E-state index contributed by atoms with van der Waals surface area (Å²) in [7, 11) is 0. The van der Waals surface area contributed by atoms with Gasteiger partial charge in [0.2, 0.25) is 0 Å². The fourth-order valence-corrected chi connectivity index (χ4v) is 3.16. The lowest BCUT2D eigenvalue weighted by Gasteiger charge is -2.41. The van der Waals surface area contributed by atoms with Gasteiger partial charge in [-0.15, -0.1) is 0 Å². The molecule has 1 saturated heterocycles. The Morgan fingerprint density at radius 2 is 1.76 bits per heavy atom. The molecule has 0 aliphatic carbocycles. The third kappa shape index (κ3) is 6.71. The largest absolute Gasteiger partial charge is 0.504 e. The van der Waals surface area contributed by atoms with E-state index in [0.29, 0.717) is 0 Å². The van der Waals surface area contributed by atoms with Gasteiger partial charge < -0.3 is 59.9 Å². The molecule has 34 heavy (non-hydrogen) atoms. The summed E-state index contributed by atoms with van der Waals surface area (Å²) in [4.78, 5) is 23.6. The minimum atomic E-state index is -2.04. The number of benzene rings is 1. The van der Waals surface area contributed by atoms with E-state index in [-0.39, 0.29) is 17.6 Å². The maximum Gasteiger partial charge on any atom is 0.331 e. The van der Waals surface area contributed by atoms with Crippen molar-refractivity contribution in [1.82, 2.24) is 0 Å². The summed E-state index contributed by atoms with van der Waals surface area (Å²) in [6.07, 6.45) is -13.3. The first-order chi connectivity index (χ1) is 16.0. The molecule has 1 aliphatic heterocycles. The van der Waals surface area contributed by atoms with Gasteiger partial charge in [0.25, 0.3) is 0 Å². The van der Waals surface area contributed by atoms with Gasteiger partial charge in [-0.1, -0.05) is 6.07 Å². The molecule has 2 rings (SSSR count). The monoisotopic (exact) mass is 488 g/mol. The molecule has 0 spiro atoms. The molecular formula is C21H28O13. The maximum absolute atomic E-state index is 12.3. The van der Waals surface area contributed by atoms with Crippen molar-refractivity contribution in [3.8, 4) is 11.5 Å². The number of hydrogen-bond donors (Lipinski definition) is 8. The van der Waals surface area contributed by atoms with Crippen LogP contribution in [0, 0.1) is 0 Å². The predicted molar refractivity (Wildman–Crippen MR) is 111 cm³/mol. The molecule has 190 valence electrons. The summed E-state index contributed by atoms with van der Waals surface area (Å²) in [6.45, 7) is 0.373. The van der Waals surface area contributed by atoms with Crippen molar-refractivity contribution < 1.29 is 64.7 Å². The van der Waals surface area contributed by atoms with Crippen LogP contribution in [0.25, 0.3) is 6.08 Å². The van der Waals surface area contributed by atoms with E-state index in [1.165, 1.54) is 25.1 Å². The van der Waals surface area contributed by atoms with Crippen LogP contribution in [0.3, 0.4) is 0 Å². The van der Waals surface area contributed by atoms with Crippen molar-refractivity contribution in [2.75, 3.05) is 6.61 Å². The number of aromatic hydroxyl groups is 2. The zero-order valence-electron chi connectivity index (χ0n) is 18.0. The van der Waals surface area contributed by atoms with Gasteiger partial charge in [0.1, 0.15) is 36.6 Å². The minimum Gasteiger partial charge on any atom is -0.504 e. The summed E-state index contributed by atoms with van der Waals surface area (Å²) in [5, 5.41) is 78.3. The topological polar surface area (TPSA) is 224 Å². The molecule has 0 radical (unpaired) electrons. The zero-order chi connectivity index (χ0) is 25.6. The Hall–Kier alpha value is -2.62. The van der Waals surface area contributed by atoms with Crippen LogP contribution in [0.1, 0.15) is 12.5 Å². The average Bonchev–Trinajstić information content (AvgIpc) is 2.82. The smallest absolute Gasteiger partial charge is 0.331 e. The maximum atomic E-state index is 12.3. The number of rotatable bonds is 10. The van der Waals surface area contributed by atoms with Crippen LogP contribution in [0.2, 0.25) is 0 Å². The quantitative estimate of drug-likeness (QED) is 0.0719. The molecule has 0 unspecified atom stereocenters. The average molecular weight is 488 g/mol. The number of aldehydes is 1. The highest BCUT2D eigenvalue weighted by molar-refractivity contribution is 5.87. The number of aliphatic hydroxyl groups is 6. The van der Waals surface area contributed by atoms with Crippen LogP contribution in [0.5, 0.6) is 11.5 Å². The van der Waals surface area contributed by atoms with Crippen molar-refractivity contribution in [2.45, 2.75) is 62.0 Å². The summed E-state index contributed by atoms with van der Waals surface area (Å²) in [5.41, 5.74) is 0.285. The van der Waals surface area contributed by atoms with Crippen LogP contribution < -0.4 is 0 Å². The highest BCUT2D eigenvalue weighted by Crippen LogP contribution is 2.27. The second-order valence-electron chi connectivity index (χ2n) is 7.64. The lowest BCUT2D eigenvalue weighted by atomic mass is 9.99. The molecular weight excluding hydrogens is 460 g/mol. The molecule has 1 heterocycles. The van der Waals surface area contributed by atoms with Gasteiger partial charge in [0.15, 0.2) is 30.2 Å². The van der Waals surface area contributed by atoms with Crippen molar-refractivity contribution in [1.29, 1.82) is 0 Å². The molecule has 13 heteroatoms. The fourth-order valence-electron chi connectivity index (χ4n) is 3.16. The number of carbonyl (C=O) groups is 2. The Balaban J connectivity index is 2.23. The van der Waals surface area contributed by atoms with Crippen LogP contribution in [0.4, 0.5) is 0 Å². The number of phenols is 2. The first kappa shape index (κ1) is 27.6. The summed E-state index contributed by atoms with van der Waals surface area (Å²) >= 11 is 0. The van der Waals surface area contributed by atoms with Crippen LogP contribution in [-0.2, 0) is 23.8 Å². The Morgan fingerprint density at radius 3 is 2.35 bits per heavy atom. The third-order valence-electron chi connectivity index (χ3n) is 5.13. The summed E-state index contributed by atoms with van der Waals surface area (Å²) in [6, 6.07) is 3.68. The number of carbonyl (C=O) groups excluding carboxylic acids is 2. The molecule has 1 aliphatic rings. The molecule has 1 aromatic carbocycles. The van der Waals surface area contributed by atoms with Gasteiger partial charge in [-0.05, 0) is 30.7 Å². The lowest BCUT2D eigenvalue weighted by Crippen LogP contribution is -2.60. The molecule has 13 nitrogen and oxygen atoms in total. The predicted octanol–water partition coefficient (Wildman–Crippen LogP) is -2.85. The SMILES string of the molecule is C[C@H]1O[C@H](O[C@H]([C@@H](OC(=O)/C=C/c2ccc(O)c(O)c2)[C@@H](O)CO)[C@H](O)C=O)[C@@H](O)[C@@H](O)[C@@H]1O. The second kappa shape index (κ2) is 12.2. The molecule has 1 fully saturated rings. The van der Waals surface area contributed by atoms with Gasteiger partial charge in [0, 0.05) is 6.08 Å². The molecule has 0 aromatic heterocycles. The Labute approximate surface area is 193 Å². The Morgan fingerprint density at radius 1 is 1.09 bits per heavy atom. The Kier molecular flexibility index (Phi) is 9.90. The lowest BCUT2D eigenvalue weighted by molar-refractivity contribution is -0.319. The van der Waals surface area contributed by atoms with E-state index in [1.54, 1.807) is 0 Å². The van der Waals surface area contributed by atoms with Crippen molar-refractivity contribution in [3.63, 3.8) is 0 Å². The Bertz CT molecular complexity index is 859. The second-order valence-corrected chi connectivity index (χ2v) is 7.64. The zero-order valence-corrected chi connectivity index (χ0v) is 18.0. The number of aliphatic hydroxyl groups excluding tert-OH is 6. The molecule has 9 atom stereocenters. The molecule has 0 bridgehead atoms. The van der Waals surface area contributed by atoms with E-state index < -0.39 is 73.4 Å². The van der Waals surface area contributed by atoms with Gasteiger partial charge in [-0.2, -0.15) is 0 Å². The fraction of sp³-hybridized carbons (Fsp3) is 0.524. The first-order valence-corrected chi connectivity index (χ1v) is 10.2. The number of esters is 1. The van der Waals surface area contributed by atoms with E-state index in [1.807, 2.05) is 0 Å². The van der Waals surface area contributed by atoms with Gasteiger partial charge in [0.05, 0.1) is 12.7 Å². The van der Waals surface area contributed by atoms with E-state index in [2.05, 4.69) is 0 Å². The third-order valence-corrected chi connectivity index (χ3v) is 5.13.